The number of carboxylic acids is 1. The molecule has 1 aliphatic carbocycles. The van der Waals surface area contributed by atoms with Crippen LogP contribution in [-0.2, 0) is 9.59 Å². The standard InChI is InChI=1S/C21H28Cl2N2O4/c1-13(2)10-18(21(28)29)25(20(27)16-12-15(22)8-9-17(16)23)24-19(26)11-14-6-4-3-5-7-14/h8-9,12-14,18H,3-7,10-11H2,1-2H3,(H,24,26)(H,28,29)/t18-/m0/s1/i/hD. The van der Waals surface area contributed by atoms with Gasteiger partial charge in [0.2, 0.25) is 5.91 Å². The van der Waals surface area contributed by atoms with Crippen LogP contribution in [0.15, 0.2) is 18.2 Å². The number of amides is 2. The van der Waals surface area contributed by atoms with Crippen molar-refractivity contribution in [3.63, 3.8) is 0 Å². The summed E-state index contributed by atoms with van der Waals surface area (Å²) in [6, 6.07) is 2.85. The summed E-state index contributed by atoms with van der Waals surface area (Å²) >= 11 is 12.1. The molecule has 1 aromatic carbocycles. The molecule has 160 valence electrons. The van der Waals surface area contributed by atoms with Crippen LogP contribution in [0.3, 0.4) is 0 Å². The van der Waals surface area contributed by atoms with Gasteiger partial charge in [0.25, 0.3) is 5.91 Å². The van der Waals surface area contributed by atoms with Crippen molar-refractivity contribution in [3.8, 4) is 0 Å². The van der Waals surface area contributed by atoms with Gasteiger partial charge in [-0.2, -0.15) is 0 Å². The minimum Gasteiger partial charge on any atom is -0.480 e. The van der Waals surface area contributed by atoms with Gasteiger partial charge >= 0.3 is 5.97 Å². The van der Waals surface area contributed by atoms with Crippen LogP contribution in [0.1, 0.15) is 69.2 Å². The smallest absolute Gasteiger partial charge is 0.328 e. The largest absolute Gasteiger partial charge is 0.480 e. The van der Waals surface area contributed by atoms with Crippen LogP contribution in [0.2, 0.25) is 11.5 Å². The first kappa shape index (κ1) is 21.9. The SMILES string of the molecule is [2H]N(C(=O)CC1CCCCC1)N(C(=O)c1cc(Cl)ccc1Cl)[C@@H](CC(C)C)C(=O)O. The summed E-state index contributed by atoms with van der Waals surface area (Å²) in [6.45, 7) is 3.62. The fourth-order valence-corrected chi connectivity index (χ4v) is 3.96. The van der Waals surface area contributed by atoms with Crippen molar-refractivity contribution < 1.29 is 20.9 Å². The Morgan fingerprint density at radius 2 is 1.90 bits per heavy atom. The highest BCUT2D eigenvalue weighted by atomic mass is 35.5. The van der Waals surface area contributed by atoms with Crippen molar-refractivity contribution in [1.82, 2.24) is 10.4 Å². The number of carbonyl (C=O) groups is 3. The molecule has 0 saturated heterocycles. The van der Waals surface area contributed by atoms with E-state index in [9.17, 15) is 19.5 Å². The van der Waals surface area contributed by atoms with Crippen molar-refractivity contribution in [2.45, 2.75) is 64.8 Å². The quantitative estimate of drug-likeness (QED) is 0.584. The van der Waals surface area contributed by atoms with E-state index in [-0.39, 0.29) is 40.3 Å². The second-order valence-corrected chi connectivity index (χ2v) is 8.80. The van der Waals surface area contributed by atoms with Crippen LogP contribution in [0, 0.1) is 11.8 Å². The molecule has 2 rings (SSSR count). The average molecular weight is 444 g/mol. The highest BCUT2D eigenvalue weighted by Gasteiger charge is 2.34. The lowest BCUT2D eigenvalue weighted by atomic mass is 9.87. The minimum absolute atomic E-state index is 0.0538. The summed E-state index contributed by atoms with van der Waals surface area (Å²) in [7, 11) is 0. The van der Waals surface area contributed by atoms with E-state index in [1.54, 1.807) is 0 Å². The number of hydrazine groups is 1. The van der Waals surface area contributed by atoms with E-state index in [1.807, 2.05) is 13.8 Å². The van der Waals surface area contributed by atoms with Gasteiger partial charge in [0.15, 0.2) is 7.45 Å². The Balaban J connectivity index is 2.38. The molecule has 8 heteroatoms. The number of carboxylic acid groups (broad SMARTS) is 1. The predicted octanol–water partition coefficient (Wildman–Crippen LogP) is 4.94. The lowest BCUT2D eigenvalue weighted by Crippen LogP contribution is -2.55. The monoisotopic (exact) mass is 443 g/mol. The number of benzene rings is 1. The maximum atomic E-state index is 13.3. The highest BCUT2D eigenvalue weighted by molar-refractivity contribution is 6.35. The van der Waals surface area contributed by atoms with Crippen LogP contribution in [0.4, 0.5) is 0 Å². The lowest BCUT2D eigenvalue weighted by Gasteiger charge is -2.31. The predicted molar refractivity (Wildman–Crippen MR) is 113 cm³/mol. The van der Waals surface area contributed by atoms with Gasteiger partial charge in [0.1, 0.15) is 0 Å². The van der Waals surface area contributed by atoms with Crippen LogP contribution < -0.4 is 5.42 Å². The first-order chi connectivity index (χ1) is 14.1. The number of nitrogens with one attached hydrogen (secondary N) is 1. The fourth-order valence-electron chi connectivity index (χ4n) is 3.59. The molecule has 1 fully saturated rings. The van der Waals surface area contributed by atoms with E-state index in [0.29, 0.717) is 10.4 Å². The van der Waals surface area contributed by atoms with E-state index in [4.69, 9.17) is 24.6 Å². The van der Waals surface area contributed by atoms with Crippen LogP contribution in [0.25, 0.3) is 0 Å². The molecule has 1 aliphatic rings. The summed E-state index contributed by atoms with van der Waals surface area (Å²) in [6.07, 6.45) is 5.15. The van der Waals surface area contributed by atoms with E-state index in [1.165, 1.54) is 18.2 Å². The molecule has 0 aromatic heterocycles. The van der Waals surface area contributed by atoms with Gasteiger partial charge in [0, 0.05) is 11.4 Å². The molecule has 0 heterocycles. The van der Waals surface area contributed by atoms with Gasteiger partial charge in [-0.3, -0.25) is 15.0 Å². The second kappa shape index (κ2) is 10.8. The van der Waals surface area contributed by atoms with Gasteiger partial charge in [-0.15, -0.1) is 0 Å². The number of rotatable bonds is 7. The molecule has 0 aliphatic heterocycles. The molecule has 29 heavy (non-hydrogen) atoms. The van der Waals surface area contributed by atoms with Crippen molar-refractivity contribution in [3.05, 3.63) is 33.8 Å². The van der Waals surface area contributed by atoms with Crippen LogP contribution >= 0.6 is 23.2 Å². The minimum atomic E-state index is -1.39. The topological polar surface area (TPSA) is 86.7 Å². The zero-order valence-electron chi connectivity index (χ0n) is 17.7. The Morgan fingerprint density at radius 1 is 1.24 bits per heavy atom. The Labute approximate surface area is 183 Å². The molecule has 0 radical (unpaired) electrons. The summed E-state index contributed by atoms with van der Waals surface area (Å²) in [4.78, 5) is 38.1. The Bertz CT molecular complexity index is 784. The molecular weight excluding hydrogens is 415 g/mol. The Morgan fingerprint density at radius 3 is 2.48 bits per heavy atom. The number of aliphatic carboxylic acids is 1. The molecule has 0 unspecified atom stereocenters. The summed E-state index contributed by atoms with van der Waals surface area (Å²) < 4.78 is 8.38. The third kappa shape index (κ3) is 6.89. The van der Waals surface area contributed by atoms with Crippen molar-refractivity contribution in [1.29, 1.82) is 0 Å². The summed E-state index contributed by atoms with van der Waals surface area (Å²) in [5.74, 6) is -2.69. The number of hydrogen-bond acceptors (Lipinski definition) is 3. The van der Waals surface area contributed by atoms with Gasteiger partial charge in [-0.1, -0.05) is 56.3 Å². The van der Waals surface area contributed by atoms with Gasteiger partial charge in [-0.25, -0.2) is 9.80 Å². The number of nitrogens with zero attached hydrogens (tertiary/aromatic N) is 1. The first-order valence-corrected chi connectivity index (χ1v) is 10.7. The maximum absolute atomic E-state index is 13.3. The van der Waals surface area contributed by atoms with Gasteiger partial charge < -0.3 is 5.11 Å². The van der Waals surface area contributed by atoms with Crippen molar-refractivity contribution in [2.75, 3.05) is 0 Å². The molecule has 0 bridgehead atoms. The lowest BCUT2D eigenvalue weighted by molar-refractivity contribution is -0.145. The normalized spacial score (nSPS) is 16.2. The van der Waals surface area contributed by atoms with E-state index >= 15 is 0 Å². The molecule has 2 N–H and O–H groups in total. The number of halogens is 2. The molecule has 6 nitrogen and oxygen atoms in total. The Kier molecular flexibility index (Phi) is 8.19. The third-order valence-corrected chi connectivity index (χ3v) is 5.61. The van der Waals surface area contributed by atoms with Crippen molar-refractivity contribution in [2.24, 2.45) is 11.8 Å². The summed E-state index contributed by atoms with van der Waals surface area (Å²) in [5.41, 5.74) is 0.358. The van der Waals surface area contributed by atoms with Crippen molar-refractivity contribution >= 4 is 41.0 Å². The Hall–Kier alpha value is -1.79. The number of carbonyl (C=O) groups excluding carboxylic acids is 2. The van der Waals surface area contributed by atoms with Crippen LogP contribution in [0.5, 0.6) is 0 Å². The zero-order valence-corrected chi connectivity index (χ0v) is 18.2. The first-order valence-electron chi connectivity index (χ1n) is 10.4. The van der Waals surface area contributed by atoms with Crippen LogP contribution in [-0.4, -0.2) is 33.9 Å². The molecule has 1 saturated carbocycles. The molecule has 1 aromatic rings. The molecular formula is C21H28Cl2N2O4. The fraction of sp³-hybridized carbons (Fsp3) is 0.571. The molecule has 0 spiro atoms. The van der Waals surface area contributed by atoms with Gasteiger partial charge in [-0.05, 0) is 49.3 Å². The molecule has 2 amide bonds. The zero-order chi connectivity index (χ0) is 22.4. The van der Waals surface area contributed by atoms with Gasteiger partial charge in [0.05, 0.1) is 10.6 Å². The summed E-state index contributed by atoms with van der Waals surface area (Å²) in [5, 5.41) is 10.8. The van der Waals surface area contributed by atoms with E-state index < -0.39 is 23.8 Å². The highest BCUT2D eigenvalue weighted by Crippen LogP contribution is 2.27. The third-order valence-electron chi connectivity index (χ3n) is 5.05. The van der Waals surface area contributed by atoms with E-state index in [0.717, 1.165) is 32.1 Å². The van der Waals surface area contributed by atoms with E-state index in [2.05, 4.69) is 0 Å². The second-order valence-electron chi connectivity index (χ2n) is 7.96. The maximum Gasteiger partial charge on any atom is 0.328 e. The average Bonchev–Trinajstić information content (AvgIpc) is 2.69. The number of hydrogen-bond donors (Lipinski definition) is 2. The molecule has 1 atom stereocenters.